The number of halogens is 1. The summed E-state index contributed by atoms with van der Waals surface area (Å²) >= 11 is 2.34. The molecule has 0 aliphatic heterocycles. The molecule has 0 atom stereocenters. The minimum absolute atomic E-state index is 0.255. The molecule has 0 spiro atoms. The normalized spacial score (nSPS) is 11.0. The van der Waals surface area contributed by atoms with Crippen molar-refractivity contribution < 1.29 is 9.53 Å². The number of aromatic nitrogens is 1. The van der Waals surface area contributed by atoms with E-state index >= 15 is 0 Å². The average Bonchev–Trinajstić information content (AvgIpc) is 3.00. The maximum atomic E-state index is 12.3. The van der Waals surface area contributed by atoms with Gasteiger partial charge in [-0.15, -0.1) is 0 Å². The van der Waals surface area contributed by atoms with E-state index in [1.54, 1.807) is 30.5 Å². The van der Waals surface area contributed by atoms with E-state index in [9.17, 15) is 4.79 Å². The first-order valence-electron chi connectivity index (χ1n) is 9.51. The number of para-hydroxylation sites is 1. The minimum atomic E-state index is -0.255. The summed E-state index contributed by atoms with van der Waals surface area (Å²) in [6, 6.07) is 17.4. The molecule has 29 heavy (non-hydrogen) atoms. The third kappa shape index (κ3) is 5.06. The van der Waals surface area contributed by atoms with Crippen molar-refractivity contribution in [2.45, 2.75) is 27.2 Å². The quantitative estimate of drug-likeness (QED) is 0.273. The summed E-state index contributed by atoms with van der Waals surface area (Å²) < 4.78 is 8.91. The number of ether oxygens (including phenoxy) is 1. The van der Waals surface area contributed by atoms with Gasteiger partial charge >= 0.3 is 0 Å². The molecule has 3 aromatic rings. The summed E-state index contributed by atoms with van der Waals surface area (Å²) in [5, 5.41) is 4.15. The van der Waals surface area contributed by atoms with Crippen LogP contribution >= 0.6 is 22.6 Å². The highest BCUT2D eigenvalue weighted by Crippen LogP contribution is 2.23. The van der Waals surface area contributed by atoms with Crippen LogP contribution in [0.25, 0.3) is 5.69 Å². The SMILES string of the molecule is CCCOc1ccc(C(=O)N/N=C\c2cc(C)n(-c3ccccc3I)c2C)cc1. The Balaban J connectivity index is 1.70. The molecule has 0 radical (unpaired) electrons. The topological polar surface area (TPSA) is 55.6 Å². The van der Waals surface area contributed by atoms with Gasteiger partial charge in [-0.1, -0.05) is 19.1 Å². The van der Waals surface area contributed by atoms with Gasteiger partial charge in [0.25, 0.3) is 5.91 Å². The highest BCUT2D eigenvalue weighted by molar-refractivity contribution is 14.1. The second kappa shape index (κ2) is 9.73. The van der Waals surface area contributed by atoms with Gasteiger partial charge in [0.15, 0.2) is 0 Å². The zero-order valence-electron chi connectivity index (χ0n) is 16.8. The van der Waals surface area contributed by atoms with E-state index in [2.05, 4.69) is 69.7 Å². The van der Waals surface area contributed by atoms with Crippen LogP contribution in [0, 0.1) is 17.4 Å². The standard InChI is InChI=1S/C23H24IN3O2/c1-4-13-29-20-11-9-18(10-12-20)23(28)26-25-15-19-14-16(2)27(17(19)3)22-8-6-5-7-21(22)24/h5-12,14-15H,4,13H2,1-3H3,(H,26,28)/b25-15-. The number of amides is 1. The molecule has 0 saturated carbocycles. The van der Waals surface area contributed by atoms with Crippen LogP contribution in [0.2, 0.25) is 0 Å². The number of carbonyl (C=O) groups excluding carboxylic acids is 1. The first-order valence-corrected chi connectivity index (χ1v) is 10.6. The molecule has 0 bridgehead atoms. The zero-order valence-corrected chi connectivity index (χ0v) is 18.9. The molecule has 2 aromatic carbocycles. The van der Waals surface area contributed by atoms with Crippen molar-refractivity contribution in [3.63, 3.8) is 0 Å². The van der Waals surface area contributed by atoms with Gasteiger partial charge in [-0.25, -0.2) is 5.43 Å². The van der Waals surface area contributed by atoms with Gasteiger partial charge in [0.05, 0.1) is 18.5 Å². The van der Waals surface area contributed by atoms with Gasteiger partial charge in [-0.3, -0.25) is 4.79 Å². The van der Waals surface area contributed by atoms with E-state index in [0.717, 1.165) is 34.8 Å². The maximum absolute atomic E-state index is 12.3. The minimum Gasteiger partial charge on any atom is -0.494 e. The predicted molar refractivity (Wildman–Crippen MR) is 125 cm³/mol. The number of hydrazone groups is 1. The Bertz CT molecular complexity index is 1020. The number of aryl methyl sites for hydroxylation is 1. The smallest absolute Gasteiger partial charge is 0.271 e. The molecule has 0 fully saturated rings. The summed E-state index contributed by atoms with van der Waals surface area (Å²) in [6.07, 6.45) is 2.63. The summed E-state index contributed by atoms with van der Waals surface area (Å²) in [5.74, 6) is 0.504. The molecule has 1 heterocycles. The summed E-state index contributed by atoms with van der Waals surface area (Å²) in [4.78, 5) is 12.3. The molecule has 3 rings (SSSR count). The van der Waals surface area contributed by atoms with Crippen molar-refractivity contribution >= 4 is 34.7 Å². The zero-order chi connectivity index (χ0) is 20.8. The van der Waals surface area contributed by atoms with Crippen LogP contribution in [0.4, 0.5) is 0 Å². The third-order valence-corrected chi connectivity index (χ3v) is 5.43. The molecule has 1 aromatic heterocycles. The molecule has 0 unspecified atom stereocenters. The van der Waals surface area contributed by atoms with E-state index in [1.165, 1.54) is 3.57 Å². The number of rotatable bonds is 7. The number of nitrogens with zero attached hydrogens (tertiary/aromatic N) is 2. The molecular weight excluding hydrogens is 477 g/mol. The Morgan fingerprint density at radius 3 is 2.59 bits per heavy atom. The van der Waals surface area contributed by atoms with E-state index in [1.807, 2.05) is 19.1 Å². The van der Waals surface area contributed by atoms with Crippen molar-refractivity contribution in [2.75, 3.05) is 6.61 Å². The van der Waals surface area contributed by atoms with Gasteiger partial charge in [-0.2, -0.15) is 5.10 Å². The van der Waals surface area contributed by atoms with E-state index < -0.39 is 0 Å². The maximum Gasteiger partial charge on any atom is 0.271 e. The van der Waals surface area contributed by atoms with Crippen molar-refractivity contribution in [3.05, 3.63) is 80.7 Å². The van der Waals surface area contributed by atoms with E-state index in [4.69, 9.17) is 4.74 Å². The van der Waals surface area contributed by atoms with E-state index in [0.29, 0.717) is 12.2 Å². The summed E-state index contributed by atoms with van der Waals surface area (Å²) in [6.45, 7) is 6.83. The fraction of sp³-hybridized carbons (Fsp3) is 0.217. The molecule has 0 aliphatic carbocycles. The Labute approximate surface area is 184 Å². The van der Waals surface area contributed by atoms with Crippen molar-refractivity contribution in [1.29, 1.82) is 0 Å². The fourth-order valence-corrected chi connectivity index (χ4v) is 3.70. The van der Waals surface area contributed by atoms with Crippen LogP contribution in [0.3, 0.4) is 0 Å². The monoisotopic (exact) mass is 501 g/mol. The lowest BCUT2D eigenvalue weighted by Gasteiger charge is -2.11. The Morgan fingerprint density at radius 2 is 1.90 bits per heavy atom. The second-order valence-electron chi connectivity index (χ2n) is 6.69. The van der Waals surface area contributed by atoms with Gasteiger partial charge in [0.1, 0.15) is 5.75 Å². The molecule has 1 N–H and O–H groups in total. The van der Waals surface area contributed by atoms with Gasteiger partial charge in [0.2, 0.25) is 0 Å². The molecule has 0 saturated heterocycles. The predicted octanol–water partition coefficient (Wildman–Crippen LogP) is 5.25. The Hall–Kier alpha value is -2.61. The van der Waals surface area contributed by atoms with Gasteiger partial charge in [-0.05, 0) is 85.3 Å². The van der Waals surface area contributed by atoms with Crippen LogP contribution in [0.5, 0.6) is 5.75 Å². The molecule has 5 nitrogen and oxygen atoms in total. The van der Waals surface area contributed by atoms with Crippen LogP contribution in [0.15, 0.2) is 59.7 Å². The highest BCUT2D eigenvalue weighted by atomic mass is 127. The summed E-state index contributed by atoms with van der Waals surface area (Å²) in [7, 11) is 0. The first-order chi connectivity index (χ1) is 14.0. The molecule has 150 valence electrons. The third-order valence-electron chi connectivity index (χ3n) is 4.52. The van der Waals surface area contributed by atoms with Crippen LogP contribution in [-0.2, 0) is 0 Å². The van der Waals surface area contributed by atoms with Crippen molar-refractivity contribution in [1.82, 2.24) is 9.99 Å². The molecule has 0 aliphatic rings. The van der Waals surface area contributed by atoms with Crippen molar-refractivity contribution in [3.8, 4) is 11.4 Å². The number of hydrogen-bond donors (Lipinski definition) is 1. The van der Waals surface area contributed by atoms with Gasteiger partial charge in [0, 0.05) is 26.1 Å². The average molecular weight is 501 g/mol. The lowest BCUT2D eigenvalue weighted by atomic mass is 10.2. The lowest BCUT2D eigenvalue weighted by molar-refractivity contribution is 0.0955. The summed E-state index contributed by atoms with van der Waals surface area (Å²) in [5.41, 5.74) is 7.42. The lowest BCUT2D eigenvalue weighted by Crippen LogP contribution is -2.17. The molecular formula is C23H24IN3O2. The van der Waals surface area contributed by atoms with Gasteiger partial charge < -0.3 is 9.30 Å². The van der Waals surface area contributed by atoms with Crippen LogP contribution in [0.1, 0.15) is 40.7 Å². The molecule has 1 amide bonds. The van der Waals surface area contributed by atoms with Crippen molar-refractivity contribution in [2.24, 2.45) is 5.10 Å². The fourth-order valence-electron chi connectivity index (χ4n) is 3.07. The Kier molecular flexibility index (Phi) is 7.09. The largest absolute Gasteiger partial charge is 0.494 e. The van der Waals surface area contributed by atoms with E-state index in [-0.39, 0.29) is 5.91 Å². The number of benzene rings is 2. The number of hydrogen-bond acceptors (Lipinski definition) is 3. The van der Waals surface area contributed by atoms with Crippen LogP contribution in [-0.4, -0.2) is 23.3 Å². The number of carbonyl (C=O) groups is 1. The Morgan fingerprint density at radius 1 is 1.17 bits per heavy atom. The molecule has 6 heteroatoms. The number of nitrogens with one attached hydrogen (secondary N) is 1. The first kappa shape index (κ1) is 21.1. The van der Waals surface area contributed by atoms with Crippen LogP contribution < -0.4 is 10.2 Å². The second-order valence-corrected chi connectivity index (χ2v) is 7.85. The highest BCUT2D eigenvalue weighted by Gasteiger charge is 2.11.